The fourth-order valence-corrected chi connectivity index (χ4v) is 1.54. The smallest absolute Gasteiger partial charge is 0.308 e. The van der Waals surface area contributed by atoms with Crippen LogP contribution in [0.25, 0.3) is 5.76 Å². The summed E-state index contributed by atoms with van der Waals surface area (Å²) in [6.07, 6.45) is 1.13. The summed E-state index contributed by atoms with van der Waals surface area (Å²) in [5.74, 6) is -2.21. The van der Waals surface area contributed by atoms with E-state index in [1.807, 2.05) is 0 Å². The minimum atomic E-state index is -0.771. The summed E-state index contributed by atoms with van der Waals surface area (Å²) in [7, 11) is 0. The standard InChI is InChI=1S/C14H13N3O5/c1-8(2)13(19)11(7-15)14(22-9(3)18)12-6-10(17(20)21)4-5-16-12/h4-6,8H,1-3H3/b14-11-. The summed E-state index contributed by atoms with van der Waals surface area (Å²) in [6.45, 7) is 4.24. The maximum absolute atomic E-state index is 12.1. The predicted octanol–water partition coefficient (Wildman–Crippen LogP) is 2.01. The van der Waals surface area contributed by atoms with Gasteiger partial charge in [-0.05, 0) is 0 Å². The van der Waals surface area contributed by atoms with E-state index < -0.39 is 28.2 Å². The third kappa shape index (κ3) is 3.96. The van der Waals surface area contributed by atoms with Gasteiger partial charge in [-0.3, -0.25) is 24.7 Å². The van der Waals surface area contributed by atoms with E-state index in [0.29, 0.717) is 0 Å². The molecular formula is C14H13N3O5. The van der Waals surface area contributed by atoms with Crippen molar-refractivity contribution in [2.24, 2.45) is 5.92 Å². The lowest BCUT2D eigenvalue weighted by Crippen LogP contribution is -2.14. The number of nitrogens with zero attached hydrogens (tertiary/aromatic N) is 3. The van der Waals surface area contributed by atoms with E-state index in [1.54, 1.807) is 19.9 Å². The summed E-state index contributed by atoms with van der Waals surface area (Å²) in [6, 6.07) is 3.85. The van der Waals surface area contributed by atoms with Crippen LogP contribution < -0.4 is 0 Å². The van der Waals surface area contributed by atoms with Gasteiger partial charge in [0.1, 0.15) is 17.3 Å². The molecule has 0 aliphatic carbocycles. The number of nitro groups is 1. The minimum Gasteiger partial charge on any atom is -0.423 e. The van der Waals surface area contributed by atoms with Crippen molar-refractivity contribution in [1.29, 1.82) is 5.26 Å². The number of Topliss-reactive ketones (excluding diaryl/α,β-unsaturated/α-hetero) is 1. The van der Waals surface area contributed by atoms with Gasteiger partial charge in [-0.25, -0.2) is 0 Å². The third-order valence-corrected chi connectivity index (χ3v) is 2.54. The minimum absolute atomic E-state index is 0.130. The second-order valence-corrected chi connectivity index (χ2v) is 4.58. The van der Waals surface area contributed by atoms with E-state index >= 15 is 0 Å². The van der Waals surface area contributed by atoms with Gasteiger partial charge in [0.15, 0.2) is 11.5 Å². The number of rotatable bonds is 5. The number of pyridine rings is 1. The first-order valence-corrected chi connectivity index (χ1v) is 6.25. The molecule has 0 unspecified atom stereocenters. The number of carbonyl (C=O) groups is 2. The van der Waals surface area contributed by atoms with Crippen LogP contribution in [0.5, 0.6) is 0 Å². The molecule has 0 spiro atoms. The second-order valence-electron chi connectivity index (χ2n) is 4.58. The lowest BCUT2D eigenvalue weighted by Gasteiger charge is -2.10. The molecule has 0 aliphatic heterocycles. The van der Waals surface area contributed by atoms with Gasteiger partial charge in [-0.2, -0.15) is 5.26 Å². The molecule has 8 nitrogen and oxygen atoms in total. The summed E-state index contributed by atoms with van der Waals surface area (Å²) in [4.78, 5) is 37.3. The van der Waals surface area contributed by atoms with E-state index in [9.17, 15) is 25.0 Å². The monoisotopic (exact) mass is 303 g/mol. The van der Waals surface area contributed by atoms with Gasteiger partial charge in [-0.15, -0.1) is 0 Å². The molecule has 0 saturated heterocycles. The molecule has 22 heavy (non-hydrogen) atoms. The average molecular weight is 303 g/mol. The number of allylic oxidation sites excluding steroid dienone is 1. The van der Waals surface area contributed by atoms with Crippen LogP contribution in [0.3, 0.4) is 0 Å². The quantitative estimate of drug-likeness (QED) is 0.203. The molecule has 0 saturated carbocycles. The zero-order chi connectivity index (χ0) is 16.9. The van der Waals surface area contributed by atoms with Crippen LogP contribution in [0, 0.1) is 27.4 Å². The number of nitriles is 1. The zero-order valence-electron chi connectivity index (χ0n) is 12.2. The number of aromatic nitrogens is 1. The first-order valence-electron chi connectivity index (χ1n) is 6.25. The Morgan fingerprint density at radius 2 is 2.09 bits per heavy atom. The van der Waals surface area contributed by atoms with Crippen molar-refractivity contribution in [2.45, 2.75) is 20.8 Å². The van der Waals surface area contributed by atoms with Crippen molar-refractivity contribution in [3.05, 3.63) is 39.7 Å². The van der Waals surface area contributed by atoms with Crippen molar-refractivity contribution >= 4 is 23.2 Å². The van der Waals surface area contributed by atoms with Gasteiger partial charge in [0.25, 0.3) is 5.69 Å². The Labute approximate surface area is 126 Å². The van der Waals surface area contributed by atoms with E-state index in [0.717, 1.165) is 25.3 Å². The van der Waals surface area contributed by atoms with Gasteiger partial charge in [0, 0.05) is 31.2 Å². The Bertz CT molecular complexity index is 701. The van der Waals surface area contributed by atoms with Crippen LogP contribution >= 0.6 is 0 Å². The molecule has 8 heteroatoms. The highest BCUT2D eigenvalue weighted by molar-refractivity contribution is 6.06. The summed E-state index contributed by atoms with van der Waals surface area (Å²) in [5, 5.41) is 20.0. The van der Waals surface area contributed by atoms with Crippen LogP contribution in [-0.2, 0) is 14.3 Å². The molecule has 0 fully saturated rings. The Kier molecular flexibility index (Phi) is 5.46. The first-order chi connectivity index (χ1) is 10.3. The van der Waals surface area contributed by atoms with Crippen LogP contribution in [0.15, 0.2) is 23.9 Å². The summed E-state index contributed by atoms with van der Waals surface area (Å²) >= 11 is 0. The molecule has 0 amide bonds. The van der Waals surface area contributed by atoms with Crippen molar-refractivity contribution in [1.82, 2.24) is 4.98 Å². The number of hydrogen-bond donors (Lipinski definition) is 0. The number of esters is 1. The SMILES string of the molecule is CC(=O)O/C(=C(/C#N)C(=O)C(C)C)c1cc([N+](=O)[O-])ccn1. The molecule has 0 atom stereocenters. The molecule has 0 aromatic carbocycles. The second kappa shape index (κ2) is 7.08. The Hall–Kier alpha value is -3.08. The van der Waals surface area contributed by atoms with Gasteiger partial charge >= 0.3 is 5.97 Å². The van der Waals surface area contributed by atoms with Crippen molar-refractivity contribution < 1.29 is 19.2 Å². The Morgan fingerprint density at radius 3 is 2.55 bits per heavy atom. The van der Waals surface area contributed by atoms with Gasteiger partial charge < -0.3 is 4.74 Å². The van der Waals surface area contributed by atoms with Crippen molar-refractivity contribution in [3.63, 3.8) is 0 Å². The highest BCUT2D eigenvalue weighted by Gasteiger charge is 2.24. The van der Waals surface area contributed by atoms with Gasteiger partial charge in [-0.1, -0.05) is 13.8 Å². The van der Waals surface area contributed by atoms with Crippen molar-refractivity contribution in [2.75, 3.05) is 0 Å². The Balaban J connectivity index is 3.56. The summed E-state index contributed by atoms with van der Waals surface area (Å²) < 4.78 is 4.91. The van der Waals surface area contributed by atoms with Crippen LogP contribution in [0.4, 0.5) is 5.69 Å². The lowest BCUT2D eigenvalue weighted by atomic mass is 10.00. The normalized spacial score (nSPS) is 11.4. The largest absolute Gasteiger partial charge is 0.423 e. The van der Waals surface area contributed by atoms with Crippen LogP contribution in [0.2, 0.25) is 0 Å². The summed E-state index contributed by atoms with van der Waals surface area (Å²) in [5.41, 5.74) is -0.836. The molecule has 0 radical (unpaired) electrons. The molecule has 1 rings (SSSR count). The maximum Gasteiger partial charge on any atom is 0.308 e. The third-order valence-electron chi connectivity index (χ3n) is 2.54. The van der Waals surface area contributed by atoms with E-state index in [1.165, 1.54) is 0 Å². The molecule has 114 valence electrons. The fourth-order valence-electron chi connectivity index (χ4n) is 1.54. The number of ketones is 1. The maximum atomic E-state index is 12.1. The molecule has 0 bridgehead atoms. The highest BCUT2D eigenvalue weighted by Crippen LogP contribution is 2.24. The molecule has 1 aromatic rings. The van der Waals surface area contributed by atoms with Crippen LogP contribution in [0.1, 0.15) is 26.5 Å². The number of hydrogen-bond acceptors (Lipinski definition) is 7. The molecule has 1 aromatic heterocycles. The van der Waals surface area contributed by atoms with Crippen LogP contribution in [-0.4, -0.2) is 21.7 Å². The number of ether oxygens (including phenoxy) is 1. The molecule has 1 heterocycles. The van der Waals surface area contributed by atoms with Gasteiger partial charge in [0.2, 0.25) is 0 Å². The fraction of sp³-hybridized carbons (Fsp3) is 0.286. The molecular weight excluding hydrogens is 290 g/mol. The molecule has 0 aliphatic rings. The molecule has 0 N–H and O–H groups in total. The lowest BCUT2D eigenvalue weighted by molar-refractivity contribution is -0.385. The average Bonchev–Trinajstić information content (AvgIpc) is 2.46. The van der Waals surface area contributed by atoms with E-state index in [4.69, 9.17) is 4.74 Å². The number of carbonyl (C=O) groups excluding carboxylic acids is 2. The highest BCUT2D eigenvalue weighted by atomic mass is 16.6. The Morgan fingerprint density at radius 1 is 1.45 bits per heavy atom. The predicted molar refractivity (Wildman–Crippen MR) is 75.0 cm³/mol. The van der Waals surface area contributed by atoms with Gasteiger partial charge in [0.05, 0.1) is 4.92 Å². The zero-order valence-corrected chi connectivity index (χ0v) is 12.2. The topological polar surface area (TPSA) is 123 Å². The van der Waals surface area contributed by atoms with E-state index in [2.05, 4.69) is 4.98 Å². The first kappa shape index (κ1) is 17.0. The van der Waals surface area contributed by atoms with E-state index in [-0.39, 0.29) is 17.1 Å². The van der Waals surface area contributed by atoms with Crippen molar-refractivity contribution in [3.8, 4) is 6.07 Å².